The van der Waals surface area contributed by atoms with E-state index in [1.54, 1.807) is 72.4 Å². The Bertz CT molecular complexity index is 1550. The summed E-state index contributed by atoms with van der Waals surface area (Å²) in [6, 6.07) is 17.1. The molecule has 0 aliphatic carbocycles. The molecule has 1 aliphatic heterocycles. The molecular weight excluding hydrogens is 447 g/mol. The molecule has 3 heterocycles. The lowest BCUT2D eigenvalue weighted by Gasteiger charge is -2.21. The minimum atomic E-state index is -0.661. The third kappa shape index (κ3) is 3.88. The molecular formula is C26H23FN6O2. The maximum Gasteiger partial charge on any atom is 0.336 e. The highest BCUT2D eigenvalue weighted by Crippen LogP contribution is 2.25. The molecule has 176 valence electrons. The first-order chi connectivity index (χ1) is 17.0. The van der Waals surface area contributed by atoms with Gasteiger partial charge in [0.25, 0.3) is 5.56 Å². The van der Waals surface area contributed by atoms with Gasteiger partial charge in [0.05, 0.1) is 46.5 Å². The average Bonchev–Trinajstić information content (AvgIpc) is 3.57. The van der Waals surface area contributed by atoms with Crippen LogP contribution in [0.5, 0.6) is 0 Å². The van der Waals surface area contributed by atoms with Crippen molar-refractivity contribution < 1.29 is 4.39 Å². The number of rotatable bonds is 5. The highest BCUT2D eigenvalue weighted by Gasteiger charge is 2.27. The molecule has 4 aromatic rings. The Kier molecular flexibility index (Phi) is 5.89. The first-order valence-corrected chi connectivity index (χ1v) is 11.3. The van der Waals surface area contributed by atoms with Crippen molar-refractivity contribution in [2.24, 2.45) is 0 Å². The van der Waals surface area contributed by atoms with Gasteiger partial charge in [-0.1, -0.05) is 12.1 Å². The molecule has 0 radical (unpaired) electrons. The molecule has 9 heteroatoms. The van der Waals surface area contributed by atoms with Crippen molar-refractivity contribution in [1.29, 1.82) is 5.26 Å². The van der Waals surface area contributed by atoms with Gasteiger partial charge in [0.15, 0.2) is 0 Å². The number of nitrogens with zero attached hydrogens (tertiary/aromatic N) is 5. The first kappa shape index (κ1) is 22.5. The first-order valence-electron chi connectivity index (χ1n) is 11.3. The van der Waals surface area contributed by atoms with Crippen LogP contribution in [0.1, 0.15) is 29.3 Å². The van der Waals surface area contributed by atoms with Crippen molar-refractivity contribution in [3.8, 4) is 28.7 Å². The second kappa shape index (κ2) is 9.16. The van der Waals surface area contributed by atoms with E-state index in [9.17, 15) is 14.0 Å². The zero-order valence-electron chi connectivity index (χ0n) is 19.1. The Morgan fingerprint density at radius 1 is 1.14 bits per heavy atom. The van der Waals surface area contributed by atoms with E-state index in [-0.39, 0.29) is 6.04 Å². The van der Waals surface area contributed by atoms with E-state index in [1.165, 1.54) is 9.13 Å². The van der Waals surface area contributed by atoms with Crippen LogP contribution in [0.2, 0.25) is 0 Å². The topological polar surface area (TPSA) is 97.6 Å². The number of nitrogens with one attached hydrogen (secondary N) is 1. The van der Waals surface area contributed by atoms with Gasteiger partial charge in [0.2, 0.25) is 0 Å². The molecule has 1 aliphatic rings. The Hall–Kier alpha value is -4.29. The van der Waals surface area contributed by atoms with Crippen LogP contribution in [-0.4, -0.2) is 32.0 Å². The predicted octanol–water partition coefficient (Wildman–Crippen LogP) is 3.04. The summed E-state index contributed by atoms with van der Waals surface area (Å²) in [4.78, 5) is 27.6. The molecule has 0 bridgehead atoms. The minimum absolute atomic E-state index is 0.295. The van der Waals surface area contributed by atoms with Crippen LogP contribution in [0.15, 0.2) is 70.4 Å². The lowest BCUT2D eigenvalue weighted by atomic mass is 10.1. The lowest BCUT2D eigenvalue weighted by molar-refractivity contribution is 0.483. The second-order valence-corrected chi connectivity index (χ2v) is 8.49. The van der Waals surface area contributed by atoms with Gasteiger partial charge in [-0.05, 0) is 67.9 Å². The zero-order valence-corrected chi connectivity index (χ0v) is 19.1. The van der Waals surface area contributed by atoms with Gasteiger partial charge in [-0.3, -0.25) is 13.9 Å². The summed E-state index contributed by atoms with van der Waals surface area (Å²) in [5.41, 5.74) is 2.57. The monoisotopic (exact) mass is 470 g/mol. The maximum atomic E-state index is 13.9. The number of halogens is 1. The normalized spacial score (nSPS) is 15.3. The van der Waals surface area contributed by atoms with Crippen LogP contribution in [0, 0.1) is 18.3 Å². The van der Waals surface area contributed by atoms with Crippen molar-refractivity contribution in [2.75, 3.05) is 13.1 Å². The molecule has 0 saturated carbocycles. The third-order valence-corrected chi connectivity index (χ3v) is 6.39. The predicted molar refractivity (Wildman–Crippen MR) is 130 cm³/mol. The van der Waals surface area contributed by atoms with Crippen LogP contribution in [-0.2, 0) is 6.67 Å². The molecule has 2 aromatic heterocycles. The highest BCUT2D eigenvalue weighted by molar-refractivity contribution is 5.64. The van der Waals surface area contributed by atoms with E-state index in [1.807, 2.05) is 0 Å². The molecule has 1 fully saturated rings. The van der Waals surface area contributed by atoms with Gasteiger partial charge in [0.1, 0.15) is 6.67 Å². The molecule has 0 amide bonds. The highest BCUT2D eigenvalue weighted by atomic mass is 19.1. The largest absolute Gasteiger partial charge is 0.336 e. The molecule has 35 heavy (non-hydrogen) atoms. The maximum absolute atomic E-state index is 13.9. The Morgan fingerprint density at radius 3 is 2.63 bits per heavy atom. The Balaban J connectivity index is 1.80. The zero-order chi connectivity index (χ0) is 24.5. The summed E-state index contributed by atoms with van der Waals surface area (Å²) in [5, 5.41) is 16.8. The summed E-state index contributed by atoms with van der Waals surface area (Å²) in [6.45, 7) is 2.27. The molecule has 1 atom stereocenters. The lowest BCUT2D eigenvalue weighted by Crippen LogP contribution is -2.44. The van der Waals surface area contributed by atoms with Crippen molar-refractivity contribution in [2.45, 2.75) is 26.1 Å². The summed E-state index contributed by atoms with van der Waals surface area (Å²) >= 11 is 0. The van der Waals surface area contributed by atoms with E-state index >= 15 is 0 Å². The fourth-order valence-electron chi connectivity index (χ4n) is 4.66. The summed E-state index contributed by atoms with van der Waals surface area (Å²) in [5.74, 6) is 0. The molecule has 0 unspecified atom stereocenters. The van der Waals surface area contributed by atoms with Crippen LogP contribution in [0.4, 0.5) is 4.39 Å². The molecule has 8 nitrogen and oxygen atoms in total. The minimum Gasteiger partial charge on any atom is -0.315 e. The van der Waals surface area contributed by atoms with Gasteiger partial charge >= 0.3 is 5.69 Å². The molecule has 2 aromatic carbocycles. The molecule has 1 N–H and O–H groups in total. The number of alkyl halides is 1. The van der Waals surface area contributed by atoms with Gasteiger partial charge in [-0.2, -0.15) is 10.4 Å². The van der Waals surface area contributed by atoms with Gasteiger partial charge in [-0.25, -0.2) is 13.9 Å². The van der Waals surface area contributed by atoms with Crippen molar-refractivity contribution >= 4 is 0 Å². The Morgan fingerprint density at radius 2 is 1.94 bits per heavy atom. The molecule has 5 rings (SSSR count). The quantitative estimate of drug-likeness (QED) is 0.484. The van der Waals surface area contributed by atoms with Crippen LogP contribution < -0.4 is 16.6 Å². The van der Waals surface area contributed by atoms with Gasteiger partial charge < -0.3 is 5.32 Å². The SMILES string of the molecule is Cc1c(-c2ccnn2-c2ccc(C#N)cc2)c(=O)n([C@@H]2CCNC2)c(=O)n1-c1cccc(CF)c1. The number of benzene rings is 2. The van der Waals surface area contributed by atoms with Crippen molar-refractivity contribution in [1.82, 2.24) is 24.2 Å². The van der Waals surface area contributed by atoms with Crippen molar-refractivity contribution in [3.05, 3.63) is 98.5 Å². The van der Waals surface area contributed by atoms with E-state index in [0.29, 0.717) is 59.0 Å². The summed E-state index contributed by atoms with van der Waals surface area (Å²) in [7, 11) is 0. The Labute approximate surface area is 200 Å². The van der Waals surface area contributed by atoms with E-state index in [4.69, 9.17) is 5.26 Å². The summed E-state index contributed by atoms with van der Waals surface area (Å²) in [6.07, 6.45) is 2.24. The average molecular weight is 471 g/mol. The van der Waals surface area contributed by atoms with Crippen LogP contribution in [0.25, 0.3) is 22.6 Å². The number of aromatic nitrogens is 4. The number of hydrogen-bond donors (Lipinski definition) is 1. The number of nitriles is 1. The fourth-order valence-corrected chi connectivity index (χ4v) is 4.66. The van der Waals surface area contributed by atoms with E-state index in [0.717, 1.165) is 0 Å². The van der Waals surface area contributed by atoms with Crippen LogP contribution in [0.3, 0.4) is 0 Å². The third-order valence-electron chi connectivity index (χ3n) is 6.39. The molecule has 1 saturated heterocycles. The van der Waals surface area contributed by atoms with Crippen molar-refractivity contribution in [3.63, 3.8) is 0 Å². The smallest absolute Gasteiger partial charge is 0.315 e. The van der Waals surface area contributed by atoms with E-state index in [2.05, 4.69) is 16.5 Å². The molecule has 0 spiro atoms. The fraction of sp³-hybridized carbons (Fsp3) is 0.231. The number of hydrogen-bond acceptors (Lipinski definition) is 5. The van der Waals surface area contributed by atoms with Crippen LogP contribution >= 0.6 is 0 Å². The van der Waals surface area contributed by atoms with E-state index < -0.39 is 17.9 Å². The standard InChI is InChI=1S/C26H23FN6O2/c1-17-24(23-10-12-30-33(23)20-7-5-18(15-28)6-8-20)25(34)32(22-9-11-29-16-22)26(35)31(17)21-4-2-3-19(13-21)14-27/h2-8,10,12-13,22,29H,9,11,14,16H2,1H3/t22-/m1/s1. The second-order valence-electron chi connectivity index (χ2n) is 8.49. The van der Waals surface area contributed by atoms with Gasteiger partial charge in [-0.15, -0.1) is 0 Å². The van der Waals surface area contributed by atoms with Gasteiger partial charge in [0, 0.05) is 12.2 Å². The summed E-state index contributed by atoms with van der Waals surface area (Å²) < 4.78 is 17.8.